The Labute approximate surface area is 232 Å². The summed E-state index contributed by atoms with van der Waals surface area (Å²) in [6, 6.07) is 18.2. The van der Waals surface area contributed by atoms with Crippen LogP contribution in [0.3, 0.4) is 0 Å². The van der Waals surface area contributed by atoms with E-state index in [2.05, 4.69) is 30.1 Å². The Morgan fingerprint density at radius 2 is 1.52 bits per heavy atom. The molecule has 3 aromatic rings. The molecule has 12 nitrogen and oxygen atoms in total. The standard InChI is InChI=1S/C28H33N7O5/c1-38-26-30-25(31-27(32-26)39-2)34-16-14-33(15-17-34)21-9-11-22(12-10-21)35-19-23(40-28(35)37)18-29-24(36)13-8-20-6-4-3-5-7-20/h3-7,9-12,23H,8,13-19H2,1-2H3,(H,29,36). The van der Waals surface area contributed by atoms with Gasteiger partial charge in [-0.25, -0.2) is 4.79 Å². The molecule has 0 radical (unpaired) electrons. The van der Waals surface area contributed by atoms with Crippen LogP contribution in [0.4, 0.5) is 22.1 Å². The molecule has 2 saturated heterocycles. The summed E-state index contributed by atoms with van der Waals surface area (Å²) < 4.78 is 15.8. The highest BCUT2D eigenvalue weighted by Crippen LogP contribution is 2.26. The fourth-order valence-electron chi connectivity index (χ4n) is 4.72. The SMILES string of the molecule is COc1nc(OC)nc(N2CCN(c3ccc(N4CC(CNC(=O)CCc5ccccc5)OC4=O)cc3)CC2)n1. The quantitative estimate of drug-likeness (QED) is 0.405. The Bertz CT molecular complexity index is 1280. The highest BCUT2D eigenvalue weighted by Gasteiger charge is 2.32. The molecule has 1 unspecified atom stereocenters. The molecule has 2 aromatic carbocycles. The zero-order valence-electron chi connectivity index (χ0n) is 22.7. The van der Waals surface area contributed by atoms with Crippen LogP contribution in [0.2, 0.25) is 0 Å². The summed E-state index contributed by atoms with van der Waals surface area (Å²) in [5.74, 6) is 0.463. The summed E-state index contributed by atoms with van der Waals surface area (Å²) in [6.07, 6.45) is 0.259. The van der Waals surface area contributed by atoms with E-state index in [9.17, 15) is 9.59 Å². The van der Waals surface area contributed by atoms with Gasteiger partial charge in [-0.1, -0.05) is 30.3 Å². The van der Waals surface area contributed by atoms with E-state index in [0.717, 1.165) is 43.1 Å². The van der Waals surface area contributed by atoms with Gasteiger partial charge in [0, 0.05) is 44.0 Å². The van der Waals surface area contributed by atoms with Crippen LogP contribution in [-0.2, 0) is 16.0 Å². The average Bonchev–Trinajstić information content (AvgIpc) is 3.39. The van der Waals surface area contributed by atoms with Crippen LogP contribution in [0.1, 0.15) is 12.0 Å². The number of methoxy groups -OCH3 is 2. The van der Waals surface area contributed by atoms with Gasteiger partial charge in [0.1, 0.15) is 6.10 Å². The number of ether oxygens (including phenoxy) is 3. The molecular formula is C28H33N7O5. The Morgan fingerprint density at radius 1 is 0.900 bits per heavy atom. The van der Waals surface area contributed by atoms with Gasteiger partial charge in [0.2, 0.25) is 11.9 Å². The normalized spacial score (nSPS) is 17.0. The third-order valence-electron chi connectivity index (χ3n) is 6.92. The van der Waals surface area contributed by atoms with E-state index in [1.54, 1.807) is 4.90 Å². The molecule has 12 heteroatoms. The van der Waals surface area contributed by atoms with E-state index in [1.165, 1.54) is 14.2 Å². The number of piperazine rings is 1. The zero-order chi connectivity index (χ0) is 27.9. The Balaban J connectivity index is 1.10. The van der Waals surface area contributed by atoms with Crippen molar-refractivity contribution in [1.82, 2.24) is 20.3 Å². The van der Waals surface area contributed by atoms with E-state index in [1.807, 2.05) is 54.6 Å². The van der Waals surface area contributed by atoms with E-state index in [0.29, 0.717) is 25.3 Å². The summed E-state index contributed by atoms with van der Waals surface area (Å²) in [7, 11) is 3.02. The monoisotopic (exact) mass is 547 g/mol. The first-order valence-corrected chi connectivity index (χ1v) is 13.2. The lowest BCUT2D eigenvalue weighted by Gasteiger charge is -2.36. The van der Waals surface area contributed by atoms with Gasteiger partial charge in [-0.05, 0) is 36.2 Å². The van der Waals surface area contributed by atoms with Crippen LogP contribution < -0.4 is 29.5 Å². The number of hydrogen-bond acceptors (Lipinski definition) is 10. The average molecular weight is 548 g/mol. The van der Waals surface area contributed by atoms with Crippen molar-refractivity contribution in [2.24, 2.45) is 0 Å². The molecule has 2 amide bonds. The first-order valence-electron chi connectivity index (χ1n) is 13.2. The van der Waals surface area contributed by atoms with Crippen molar-refractivity contribution in [3.63, 3.8) is 0 Å². The fraction of sp³-hybridized carbons (Fsp3) is 0.393. The van der Waals surface area contributed by atoms with Gasteiger partial charge >= 0.3 is 18.1 Å². The lowest BCUT2D eigenvalue weighted by molar-refractivity contribution is -0.121. The third kappa shape index (κ3) is 6.50. The zero-order valence-corrected chi connectivity index (χ0v) is 22.7. The smallest absolute Gasteiger partial charge is 0.414 e. The first kappa shape index (κ1) is 27.0. The summed E-state index contributed by atoms with van der Waals surface area (Å²) in [5.41, 5.74) is 2.93. The number of cyclic esters (lactones) is 1. The topological polar surface area (TPSA) is 122 Å². The van der Waals surface area contributed by atoms with Crippen LogP contribution in [0, 0.1) is 0 Å². The highest BCUT2D eigenvalue weighted by atomic mass is 16.6. The molecule has 40 heavy (non-hydrogen) atoms. The number of carbonyl (C=O) groups is 2. The molecule has 2 fully saturated rings. The van der Waals surface area contributed by atoms with Crippen molar-refractivity contribution in [2.45, 2.75) is 18.9 Å². The molecular weight excluding hydrogens is 514 g/mol. The van der Waals surface area contributed by atoms with Crippen molar-refractivity contribution in [1.29, 1.82) is 0 Å². The van der Waals surface area contributed by atoms with Crippen LogP contribution in [0.15, 0.2) is 54.6 Å². The minimum absolute atomic E-state index is 0.0587. The molecule has 2 aliphatic rings. The van der Waals surface area contributed by atoms with Crippen molar-refractivity contribution in [3.8, 4) is 12.0 Å². The first-order chi connectivity index (χ1) is 19.5. The molecule has 0 bridgehead atoms. The number of hydrogen-bond donors (Lipinski definition) is 1. The fourth-order valence-corrected chi connectivity index (χ4v) is 4.72. The second-order valence-corrected chi connectivity index (χ2v) is 9.51. The van der Waals surface area contributed by atoms with E-state index in [4.69, 9.17) is 14.2 Å². The molecule has 1 N–H and O–H groups in total. The molecule has 3 heterocycles. The predicted octanol–water partition coefficient (Wildman–Crippen LogP) is 2.29. The highest BCUT2D eigenvalue weighted by molar-refractivity contribution is 5.90. The number of anilines is 3. The van der Waals surface area contributed by atoms with Crippen LogP contribution in [-0.4, -0.2) is 86.5 Å². The van der Waals surface area contributed by atoms with Crippen LogP contribution in [0.5, 0.6) is 12.0 Å². The molecule has 0 aliphatic carbocycles. The summed E-state index contributed by atoms with van der Waals surface area (Å²) in [5, 5.41) is 2.89. The summed E-state index contributed by atoms with van der Waals surface area (Å²) >= 11 is 0. The maximum Gasteiger partial charge on any atom is 0.414 e. The summed E-state index contributed by atoms with van der Waals surface area (Å²) in [4.78, 5) is 43.5. The molecule has 0 spiro atoms. The summed E-state index contributed by atoms with van der Waals surface area (Å²) in [6.45, 7) is 3.65. The van der Waals surface area contributed by atoms with Crippen LogP contribution >= 0.6 is 0 Å². The van der Waals surface area contributed by atoms with Gasteiger partial charge in [0.15, 0.2) is 0 Å². The van der Waals surface area contributed by atoms with Gasteiger partial charge in [-0.2, -0.15) is 9.97 Å². The second-order valence-electron chi connectivity index (χ2n) is 9.51. The minimum atomic E-state index is -0.409. The van der Waals surface area contributed by atoms with E-state index >= 15 is 0 Å². The van der Waals surface area contributed by atoms with Gasteiger partial charge in [-0.3, -0.25) is 9.69 Å². The van der Waals surface area contributed by atoms with Crippen molar-refractivity contribution >= 4 is 29.3 Å². The largest absolute Gasteiger partial charge is 0.467 e. The Kier molecular flexibility index (Phi) is 8.43. The molecule has 1 atom stereocenters. The van der Waals surface area contributed by atoms with Gasteiger partial charge in [0.05, 0.1) is 27.3 Å². The number of rotatable bonds is 10. The number of carbonyl (C=O) groups excluding carboxylic acids is 2. The van der Waals surface area contributed by atoms with Crippen molar-refractivity contribution < 1.29 is 23.8 Å². The van der Waals surface area contributed by atoms with Crippen molar-refractivity contribution in [3.05, 3.63) is 60.2 Å². The third-order valence-corrected chi connectivity index (χ3v) is 6.92. The second kappa shape index (κ2) is 12.5. The number of aromatic nitrogens is 3. The van der Waals surface area contributed by atoms with Crippen molar-refractivity contribution in [2.75, 3.05) is 68.2 Å². The number of nitrogens with one attached hydrogen (secondary N) is 1. The number of aryl methyl sites for hydroxylation is 1. The number of amides is 2. The van der Waals surface area contributed by atoms with Gasteiger partial charge < -0.3 is 29.3 Å². The van der Waals surface area contributed by atoms with E-state index < -0.39 is 12.2 Å². The molecule has 1 aromatic heterocycles. The maximum absolute atomic E-state index is 12.5. The Morgan fingerprint density at radius 3 is 2.17 bits per heavy atom. The molecule has 0 saturated carbocycles. The minimum Gasteiger partial charge on any atom is -0.467 e. The lowest BCUT2D eigenvalue weighted by Crippen LogP contribution is -2.47. The van der Waals surface area contributed by atoms with Gasteiger partial charge in [-0.15, -0.1) is 4.98 Å². The Hall–Kier alpha value is -4.61. The number of nitrogens with zero attached hydrogens (tertiary/aromatic N) is 6. The van der Waals surface area contributed by atoms with Crippen LogP contribution in [0.25, 0.3) is 0 Å². The molecule has 210 valence electrons. The van der Waals surface area contributed by atoms with E-state index in [-0.39, 0.29) is 24.5 Å². The molecule has 2 aliphatic heterocycles. The number of benzene rings is 2. The maximum atomic E-state index is 12.5. The lowest BCUT2D eigenvalue weighted by atomic mass is 10.1. The molecule has 5 rings (SSSR count). The van der Waals surface area contributed by atoms with Gasteiger partial charge in [0.25, 0.3) is 0 Å². The predicted molar refractivity (Wildman–Crippen MR) is 149 cm³/mol.